The third-order valence-corrected chi connectivity index (χ3v) is 5.27. The van der Waals surface area contributed by atoms with Crippen molar-refractivity contribution in [3.63, 3.8) is 0 Å². The Morgan fingerprint density at radius 1 is 1.17 bits per heavy atom. The van der Waals surface area contributed by atoms with Crippen LogP contribution in [0.2, 0.25) is 0 Å². The lowest BCUT2D eigenvalue weighted by molar-refractivity contribution is 0.0626. The van der Waals surface area contributed by atoms with Crippen molar-refractivity contribution in [2.75, 3.05) is 26.3 Å². The number of para-hydroxylation sites is 2. The van der Waals surface area contributed by atoms with Crippen LogP contribution in [0.1, 0.15) is 30.3 Å². The third kappa shape index (κ3) is 4.31. The van der Waals surface area contributed by atoms with Crippen molar-refractivity contribution in [1.82, 2.24) is 9.88 Å². The molecule has 1 aromatic heterocycles. The Morgan fingerprint density at radius 3 is 2.76 bits per heavy atom. The molecule has 2 N–H and O–H groups in total. The largest absolute Gasteiger partial charge is 0.508 e. The lowest BCUT2D eigenvalue weighted by atomic mass is 9.98. The molecule has 1 aliphatic heterocycles. The molecule has 3 aromatic rings. The summed E-state index contributed by atoms with van der Waals surface area (Å²) in [5, 5.41) is 10.5. The number of phenolic OH excluding ortho intramolecular Hbond substituents is 1. The maximum absolute atomic E-state index is 13.0. The summed E-state index contributed by atoms with van der Waals surface area (Å²) in [4.78, 5) is 18.0. The smallest absolute Gasteiger partial charge is 0.270 e. The SMILES string of the molecule is CCOc1ccccc1OCC1CCCN(C(=O)c2cc3ccc(O)cc3[nH]2)C1. The fourth-order valence-electron chi connectivity index (χ4n) is 3.84. The number of carbonyl (C=O) groups excluding carboxylic acids is 1. The molecule has 0 spiro atoms. The number of carbonyl (C=O) groups is 1. The van der Waals surface area contributed by atoms with Crippen molar-refractivity contribution in [3.8, 4) is 17.2 Å². The molecule has 1 fully saturated rings. The summed E-state index contributed by atoms with van der Waals surface area (Å²) >= 11 is 0. The Labute approximate surface area is 170 Å². The number of rotatable bonds is 6. The van der Waals surface area contributed by atoms with Crippen LogP contribution in [0.15, 0.2) is 48.5 Å². The summed E-state index contributed by atoms with van der Waals surface area (Å²) < 4.78 is 11.6. The zero-order valence-corrected chi connectivity index (χ0v) is 16.6. The molecule has 0 radical (unpaired) electrons. The molecule has 0 saturated carbocycles. The number of hydrogen-bond acceptors (Lipinski definition) is 4. The van der Waals surface area contributed by atoms with Crippen LogP contribution in [-0.2, 0) is 0 Å². The molecule has 1 unspecified atom stereocenters. The molecule has 2 aromatic carbocycles. The fraction of sp³-hybridized carbons (Fsp3) is 0.348. The Kier molecular flexibility index (Phi) is 5.60. The lowest BCUT2D eigenvalue weighted by Crippen LogP contribution is -2.41. The van der Waals surface area contributed by atoms with Crippen LogP contribution < -0.4 is 9.47 Å². The summed E-state index contributed by atoms with van der Waals surface area (Å²) in [6, 6.07) is 14.6. The van der Waals surface area contributed by atoms with Gasteiger partial charge in [-0.1, -0.05) is 12.1 Å². The van der Waals surface area contributed by atoms with Gasteiger partial charge in [-0.25, -0.2) is 0 Å². The van der Waals surface area contributed by atoms with E-state index in [-0.39, 0.29) is 17.6 Å². The zero-order valence-electron chi connectivity index (χ0n) is 16.6. The van der Waals surface area contributed by atoms with Gasteiger partial charge in [0.1, 0.15) is 11.4 Å². The van der Waals surface area contributed by atoms with Crippen molar-refractivity contribution in [2.45, 2.75) is 19.8 Å². The van der Waals surface area contributed by atoms with E-state index in [4.69, 9.17) is 9.47 Å². The molecular formula is C23H26N2O4. The van der Waals surface area contributed by atoms with E-state index in [0.717, 1.165) is 41.8 Å². The van der Waals surface area contributed by atoms with Crippen molar-refractivity contribution < 1.29 is 19.4 Å². The van der Waals surface area contributed by atoms with Crippen LogP contribution >= 0.6 is 0 Å². The summed E-state index contributed by atoms with van der Waals surface area (Å²) in [5.74, 6) is 1.94. The number of hydrogen-bond donors (Lipinski definition) is 2. The van der Waals surface area contributed by atoms with Gasteiger partial charge in [-0.2, -0.15) is 0 Å². The minimum Gasteiger partial charge on any atom is -0.508 e. The second-order valence-corrected chi connectivity index (χ2v) is 7.40. The van der Waals surface area contributed by atoms with E-state index < -0.39 is 0 Å². The van der Waals surface area contributed by atoms with E-state index in [9.17, 15) is 9.90 Å². The van der Waals surface area contributed by atoms with Gasteiger partial charge in [0.2, 0.25) is 0 Å². The zero-order chi connectivity index (χ0) is 20.2. The maximum atomic E-state index is 13.0. The average molecular weight is 394 g/mol. The minimum absolute atomic E-state index is 0.0138. The number of fused-ring (bicyclic) bond motifs is 1. The Hall–Kier alpha value is -3.15. The molecule has 2 heterocycles. The molecule has 0 bridgehead atoms. The molecule has 1 saturated heterocycles. The second kappa shape index (κ2) is 8.47. The van der Waals surface area contributed by atoms with Gasteiger partial charge in [0, 0.05) is 36.0 Å². The predicted molar refractivity (Wildman–Crippen MR) is 112 cm³/mol. The number of piperidine rings is 1. The van der Waals surface area contributed by atoms with Crippen LogP contribution in [0, 0.1) is 5.92 Å². The van der Waals surface area contributed by atoms with Crippen molar-refractivity contribution in [3.05, 3.63) is 54.2 Å². The van der Waals surface area contributed by atoms with Crippen LogP contribution in [-0.4, -0.2) is 47.2 Å². The van der Waals surface area contributed by atoms with E-state index in [1.165, 1.54) is 0 Å². The molecule has 4 rings (SSSR count). The van der Waals surface area contributed by atoms with Gasteiger partial charge in [-0.05, 0) is 50.1 Å². The number of aromatic nitrogens is 1. The topological polar surface area (TPSA) is 74.8 Å². The summed E-state index contributed by atoms with van der Waals surface area (Å²) in [7, 11) is 0. The van der Waals surface area contributed by atoms with Crippen molar-refractivity contribution in [1.29, 1.82) is 0 Å². The van der Waals surface area contributed by atoms with Gasteiger partial charge in [0.25, 0.3) is 5.91 Å². The van der Waals surface area contributed by atoms with Crippen LogP contribution in [0.25, 0.3) is 10.9 Å². The minimum atomic E-state index is -0.0138. The highest BCUT2D eigenvalue weighted by atomic mass is 16.5. The van der Waals surface area contributed by atoms with Crippen molar-refractivity contribution in [2.24, 2.45) is 5.92 Å². The highest BCUT2D eigenvalue weighted by Gasteiger charge is 2.26. The highest BCUT2D eigenvalue weighted by Crippen LogP contribution is 2.28. The number of likely N-dealkylation sites (tertiary alicyclic amines) is 1. The number of ether oxygens (including phenoxy) is 2. The van der Waals surface area contributed by atoms with Gasteiger partial charge in [-0.3, -0.25) is 4.79 Å². The summed E-state index contributed by atoms with van der Waals surface area (Å²) in [6.07, 6.45) is 1.98. The molecule has 6 heteroatoms. The number of nitrogens with one attached hydrogen (secondary N) is 1. The number of benzene rings is 2. The molecule has 152 valence electrons. The molecule has 1 aliphatic rings. The third-order valence-electron chi connectivity index (χ3n) is 5.27. The molecule has 29 heavy (non-hydrogen) atoms. The van der Waals surface area contributed by atoms with E-state index in [2.05, 4.69) is 4.98 Å². The number of aromatic hydroxyl groups is 1. The molecule has 0 aliphatic carbocycles. The Bertz CT molecular complexity index is 997. The van der Waals surface area contributed by atoms with E-state index >= 15 is 0 Å². The quantitative estimate of drug-likeness (QED) is 0.657. The summed E-state index contributed by atoms with van der Waals surface area (Å²) in [5.41, 5.74) is 1.31. The van der Waals surface area contributed by atoms with Gasteiger partial charge >= 0.3 is 0 Å². The molecule has 1 atom stereocenters. The molecule has 1 amide bonds. The normalized spacial score (nSPS) is 16.7. The fourth-order valence-corrected chi connectivity index (χ4v) is 3.84. The second-order valence-electron chi connectivity index (χ2n) is 7.40. The number of nitrogens with zero attached hydrogens (tertiary/aromatic N) is 1. The first-order chi connectivity index (χ1) is 14.1. The Morgan fingerprint density at radius 2 is 1.97 bits per heavy atom. The molecular weight excluding hydrogens is 368 g/mol. The van der Waals surface area contributed by atoms with E-state index in [1.807, 2.05) is 42.2 Å². The number of amides is 1. The number of phenols is 1. The van der Waals surface area contributed by atoms with E-state index in [0.29, 0.717) is 25.5 Å². The van der Waals surface area contributed by atoms with Crippen LogP contribution in [0.3, 0.4) is 0 Å². The first-order valence-corrected chi connectivity index (χ1v) is 10.1. The van der Waals surface area contributed by atoms with E-state index in [1.54, 1.807) is 18.2 Å². The summed E-state index contributed by atoms with van der Waals surface area (Å²) in [6.45, 7) is 4.50. The number of H-pyrrole nitrogens is 1. The monoisotopic (exact) mass is 394 g/mol. The van der Waals surface area contributed by atoms with Gasteiger partial charge in [0.15, 0.2) is 11.5 Å². The molecule has 6 nitrogen and oxygen atoms in total. The highest BCUT2D eigenvalue weighted by molar-refractivity contribution is 5.98. The average Bonchev–Trinajstić information content (AvgIpc) is 3.16. The lowest BCUT2D eigenvalue weighted by Gasteiger charge is -2.32. The van der Waals surface area contributed by atoms with Gasteiger partial charge in [0.05, 0.1) is 13.2 Å². The van der Waals surface area contributed by atoms with Crippen LogP contribution in [0.4, 0.5) is 0 Å². The van der Waals surface area contributed by atoms with Crippen LogP contribution in [0.5, 0.6) is 17.2 Å². The van der Waals surface area contributed by atoms with Crippen molar-refractivity contribution >= 4 is 16.8 Å². The Balaban J connectivity index is 1.40. The standard InChI is InChI=1S/C23H26N2O4/c1-2-28-21-7-3-4-8-22(21)29-15-16-6-5-11-25(14-16)23(27)20-12-17-9-10-18(26)13-19(17)24-20/h3-4,7-10,12-13,16,24,26H,2,5-6,11,14-15H2,1H3. The first-order valence-electron chi connectivity index (χ1n) is 10.1. The van der Waals surface area contributed by atoms with Gasteiger partial charge in [-0.15, -0.1) is 0 Å². The number of aromatic amines is 1. The van der Waals surface area contributed by atoms with Gasteiger partial charge < -0.3 is 24.5 Å². The predicted octanol–water partition coefficient (Wildman–Crippen LogP) is 4.20. The maximum Gasteiger partial charge on any atom is 0.270 e. The first kappa shape index (κ1) is 19.2.